The van der Waals surface area contributed by atoms with Crippen LogP contribution in [0.5, 0.6) is 0 Å². The van der Waals surface area contributed by atoms with Crippen LogP contribution in [0.2, 0.25) is 0 Å². The average Bonchev–Trinajstić information content (AvgIpc) is 2.29. The van der Waals surface area contributed by atoms with Gasteiger partial charge in [-0.05, 0) is 31.7 Å². The lowest BCUT2D eigenvalue weighted by molar-refractivity contribution is -0.121. The monoisotopic (exact) mass is 255 g/mol. The number of nitrogens with one attached hydrogen (secondary N) is 2. The summed E-state index contributed by atoms with van der Waals surface area (Å²) < 4.78 is 0. The van der Waals surface area contributed by atoms with Crippen molar-refractivity contribution in [3.8, 4) is 0 Å². The molecule has 104 valence electrons. The number of hydrogen-bond donors (Lipinski definition) is 2. The van der Waals surface area contributed by atoms with Crippen LogP contribution >= 0.6 is 0 Å². The Morgan fingerprint density at radius 3 is 2.83 bits per heavy atom. The summed E-state index contributed by atoms with van der Waals surface area (Å²) in [6.07, 6.45) is 4.33. The van der Waals surface area contributed by atoms with Gasteiger partial charge in [0, 0.05) is 13.1 Å². The summed E-state index contributed by atoms with van der Waals surface area (Å²) in [5.74, 6) is 0.433. The number of imide groups is 1. The van der Waals surface area contributed by atoms with Gasteiger partial charge in [0.05, 0.1) is 6.54 Å². The summed E-state index contributed by atoms with van der Waals surface area (Å²) >= 11 is 0. The lowest BCUT2D eigenvalue weighted by Gasteiger charge is -2.29. The zero-order chi connectivity index (χ0) is 13.4. The molecule has 1 rings (SSSR count). The van der Waals surface area contributed by atoms with Gasteiger partial charge in [0.1, 0.15) is 0 Å². The third-order valence-corrected chi connectivity index (χ3v) is 3.18. The van der Waals surface area contributed by atoms with Crippen molar-refractivity contribution in [1.82, 2.24) is 15.5 Å². The smallest absolute Gasteiger partial charge is 0.321 e. The molecule has 18 heavy (non-hydrogen) atoms. The minimum atomic E-state index is -0.376. The average molecular weight is 255 g/mol. The molecule has 3 amide bonds. The van der Waals surface area contributed by atoms with E-state index in [1.807, 2.05) is 0 Å². The minimum absolute atomic E-state index is 0.210. The van der Waals surface area contributed by atoms with Crippen molar-refractivity contribution < 1.29 is 9.59 Å². The van der Waals surface area contributed by atoms with Gasteiger partial charge in [0.2, 0.25) is 5.91 Å². The molecule has 0 aliphatic carbocycles. The molecule has 5 heteroatoms. The molecule has 1 atom stereocenters. The van der Waals surface area contributed by atoms with Gasteiger partial charge in [-0.3, -0.25) is 15.0 Å². The van der Waals surface area contributed by atoms with Crippen molar-refractivity contribution in [1.29, 1.82) is 0 Å². The van der Waals surface area contributed by atoms with E-state index in [9.17, 15) is 9.59 Å². The number of rotatable bonds is 5. The topological polar surface area (TPSA) is 61.4 Å². The predicted molar refractivity (Wildman–Crippen MR) is 71.3 cm³/mol. The van der Waals surface area contributed by atoms with Crippen molar-refractivity contribution in [3.63, 3.8) is 0 Å². The largest absolute Gasteiger partial charge is 0.338 e. The minimum Gasteiger partial charge on any atom is -0.338 e. The number of urea groups is 1. The fraction of sp³-hybridized carbons (Fsp3) is 0.846. The fourth-order valence-corrected chi connectivity index (χ4v) is 2.22. The third kappa shape index (κ3) is 6.00. The first-order chi connectivity index (χ1) is 8.61. The van der Waals surface area contributed by atoms with Crippen LogP contribution in [0, 0.1) is 5.92 Å². The van der Waals surface area contributed by atoms with E-state index in [0.29, 0.717) is 19.0 Å². The summed E-state index contributed by atoms with van der Waals surface area (Å²) in [6, 6.07) is -0.376. The number of amides is 3. The van der Waals surface area contributed by atoms with Crippen LogP contribution in [0.3, 0.4) is 0 Å². The molecule has 0 saturated carbocycles. The van der Waals surface area contributed by atoms with E-state index < -0.39 is 0 Å². The molecule has 5 nitrogen and oxygen atoms in total. The molecule has 1 aliphatic rings. The van der Waals surface area contributed by atoms with Crippen LogP contribution in [0.4, 0.5) is 4.79 Å². The normalized spacial score (nSPS) is 20.4. The van der Waals surface area contributed by atoms with Crippen LogP contribution in [-0.2, 0) is 4.79 Å². The van der Waals surface area contributed by atoms with Crippen LogP contribution in [-0.4, -0.2) is 43.0 Å². The summed E-state index contributed by atoms with van der Waals surface area (Å²) in [5, 5.41) is 5.04. The Kier molecular flexibility index (Phi) is 6.72. The predicted octanol–water partition coefficient (Wildman–Crippen LogP) is 1.34. The molecule has 0 bridgehead atoms. The molecule has 1 aliphatic heterocycles. The van der Waals surface area contributed by atoms with Crippen molar-refractivity contribution in [2.45, 2.75) is 39.5 Å². The molecule has 1 fully saturated rings. The molecule has 2 N–H and O–H groups in total. The number of hydrogen-bond acceptors (Lipinski definition) is 3. The Morgan fingerprint density at radius 1 is 1.39 bits per heavy atom. The first-order valence-electron chi connectivity index (χ1n) is 6.91. The Hall–Kier alpha value is -1.10. The van der Waals surface area contributed by atoms with E-state index in [0.717, 1.165) is 32.4 Å². The summed E-state index contributed by atoms with van der Waals surface area (Å²) in [6.45, 7) is 7.10. The van der Waals surface area contributed by atoms with E-state index >= 15 is 0 Å². The highest BCUT2D eigenvalue weighted by molar-refractivity contribution is 5.95. The van der Waals surface area contributed by atoms with Gasteiger partial charge in [-0.25, -0.2) is 4.79 Å². The second kappa shape index (κ2) is 8.08. The highest BCUT2D eigenvalue weighted by Crippen LogP contribution is 2.14. The highest BCUT2D eigenvalue weighted by atomic mass is 16.2. The Labute approximate surface area is 109 Å². The quantitative estimate of drug-likeness (QED) is 0.729. The second-order valence-corrected chi connectivity index (χ2v) is 5.14. The number of unbranched alkanes of at least 4 members (excludes halogenated alkanes) is 1. The van der Waals surface area contributed by atoms with Gasteiger partial charge in [-0.15, -0.1) is 0 Å². The maximum atomic E-state index is 11.6. The molecule has 0 aromatic rings. The Bertz CT molecular complexity index is 281. The number of likely N-dealkylation sites (tertiary alicyclic amines) is 1. The molecule has 1 heterocycles. The van der Waals surface area contributed by atoms with E-state index in [1.165, 1.54) is 6.42 Å². The fourth-order valence-electron chi connectivity index (χ4n) is 2.22. The van der Waals surface area contributed by atoms with Gasteiger partial charge in [-0.1, -0.05) is 20.3 Å². The zero-order valence-electron chi connectivity index (χ0n) is 11.5. The number of carbonyl (C=O) groups is 2. The molecule has 0 radical (unpaired) electrons. The SMILES string of the molecule is CCCCNC(=O)NC(=O)CN1CCC[C@H](C)C1. The summed E-state index contributed by atoms with van der Waals surface area (Å²) in [7, 11) is 0. The van der Waals surface area contributed by atoms with Crippen LogP contribution in [0.15, 0.2) is 0 Å². The van der Waals surface area contributed by atoms with Gasteiger partial charge in [0.25, 0.3) is 0 Å². The van der Waals surface area contributed by atoms with Crippen molar-refractivity contribution in [2.24, 2.45) is 5.92 Å². The van der Waals surface area contributed by atoms with Gasteiger partial charge in [-0.2, -0.15) is 0 Å². The number of piperidine rings is 1. The lowest BCUT2D eigenvalue weighted by atomic mass is 10.0. The van der Waals surface area contributed by atoms with E-state index in [4.69, 9.17) is 0 Å². The maximum Gasteiger partial charge on any atom is 0.321 e. The standard InChI is InChI=1S/C13H25N3O2/c1-3-4-7-14-13(18)15-12(17)10-16-8-5-6-11(2)9-16/h11H,3-10H2,1-2H3,(H2,14,15,17,18)/t11-/m0/s1. The van der Waals surface area contributed by atoms with E-state index in [-0.39, 0.29) is 11.9 Å². The van der Waals surface area contributed by atoms with Crippen molar-refractivity contribution in [3.05, 3.63) is 0 Å². The van der Waals surface area contributed by atoms with E-state index in [1.54, 1.807) is 0 Å². The molecule has 0 aromatic heterocycles. The molecule has 1 saturated heterocycles. The highest BCUT2D eigenvalue weighted by Gasteiger charge is 2.19. The maximum absolute atomic E-state index is 11.6. The van der Waals surface area contributed by atoms with Crippen LogP contribution in [0.1, 0.15) is 39.5 Å². The second-order valence-electron chi connectivity index (χ2n) is 5.14. The van der Waals surface area contributed by atoms with E-state index in [2.05, 4.69) is 29.4 Å². The number of nitrogens with zero attached hydrogens (tertiary/aromatic N) is 1. The third-order valence-electron chi connectivity index (χ3n) is 3.18. The molecule has 0 unspecified atom stereocenters. The first-order valence-corrected chi connectivity index (χ1v) is 6.91. The molecular formula is C13H25N3O2. The first kappa shape index (κ1) is 15.0. The van der Waals surface area contributed by atoms with Gasteiger partial charge < -0.3 is 5.32 Å². The molecular weight excluding hydrogens is 230 g/mol. The Balaban J connectivity index is 2.18. The Morgan fingerprint density at radius 2 is 2.17 bits per heavy atom. The molecule has 0 aromatic carbocycles. The molecule has 0 spiro atoms. The van der Waals surface area contributed by atoms with Crippen molar-refractivity contribution >= 4 is 11.9 Å². The zero-order valence-corrected chi connectivity index (χ0v) is 11.5. The summed E-state index contributed by atoms with van der Waals surface area (Å²) in [5.41, 5.74) is 0. The van der Waals surface area contributed by atoms with Crippen LogP contribution in [0.25, 0.3) is 0 Å². The van der Waals surface area contributed by atoms with Gasteiger partial charge >= 0.3 is 6.03 Å². The van der Waals surface area contributed by atoms with Gasteiger partial charge in [0.15, 0.2) is 0 Å². The lowest BCUT2D eigenvalue weighted by Crippen LogP contribution is -2.46. The van der Waals surface area contributed by atoms with Crippen LogP contribution < -0.4 is 10.6 Å². The summed E-state index contributed by atoms with van der Waals surface area (Å²) in [4.78, 5) is 25.1. The number of carbonyl (C=O) groups excluding carboxylic acids is 2. The van der Waals surface area contributed by atoms with Crippen molar-refractivity contribution in [2.75, 3.05) is 26.2 Å².